The number of likely N-dealkylation sites (tertiary alicyclic amines) is 1. The second kappa shape index (κ2) is 6.08. The quantitative estimate of drug-likeness (QED) is 0.611. The molecule has 1 aliphatic heterocycles. The van der Waals surface area contributed by atoms with Gasteiger partial charge in [-0.1, -0.05) is 0 Å². The Morgan fingerprint density at radius 3 is 2.94 bits per heavy atom. The summed E-state index contributed by atoms with van der Waals surface area (Å²) < 4.78 is 0. The molecular weight excluding hydrogens is 210 g/mol. The lowest BCUT2D eigenvalue weighted by Gasteiger charge is -2.14. The molecule has 6 heteroatoms. The van der Waals surface area contributed by atoms with E-state index in [-0.39, 0.29) is 31.3 Å². The summed E-state index contributed by atoms with van der Waals surface area (Å²) in [6.07, 6.45) is 0.980. The Hall–Kier alpha value is -1.61. The fraction of sp³-hybridized carbons (Fsp3) is 0.700. The van der Waals surface area contributed by atoms with Gasteiger partial charge in [0.15, 0.2) is 0 Å². The van der Waals surface area contributed by atoms with Crippen LogP contribution in [0.25, 0.3) is 0 Å². The Labute approximate surface area is 93.8 Å². The van der Waals surface area contributed by atoms with E-state index >= 15 is 0 Å². The number of nitriles is 1. The lowest BCUT2D eigenvalue weighted by Crippen LogP contribution is -2.36. The van der Waals surface area contributed by atoms with Crippen LogP contribution in [0.15, 0.2) is 0 Å². The zero-order chi connectivity index (χ0) is 12.0. The second-order valence-corrected chi connectivity index (χ2v) is 3.92. The molecule has 1 aliphatic rings. The van der Waals surface area contributed by atoms with Gasteiger partial charge < -0.3 is 10.4 Å². The number of amides is 1. The first-order chi connectivity index (χ1) is 7.61. The highest BCUT2D eigenvalue weighted by molar-refractivity contribution is 5.78. The summed E-state index contributed by atoms with van der Waals surface area (Å²) in [5, 5.41) is 19.4. The van der Waals surface area contributed by atoms with E-state index in [9.17, 15) is 9.59 Å². The number of nitrogens with one attached hydrogen (secondary N) is 1. The zero-order valence-electron chi connectivity index (χ0n) is 8.98. The first-order valence-electron chi connectivity index (χ1n) is 5.19. The molecule has 0 aliphatic carbocycles. The largest absolute Gasteiger partial charge is 0.481 e. The standard InChI is InChI=1S/C10H15N3O3/c11-2-3-12-9(14)7-13-4-1-8(6-13)5-10(15)16/h8H,1,3-7H2,(H,12,14)(H,15,16). The minimum absolute atomic E-state index is 0.0191. The SMILES string of the molecule is N#CCNC(=O)CN1CCC(CC(=O)O)C1. The van der Waals surface area contributed by atoms with Crippen molar-refractivity contribution in [3.63, 3.8) is 0 Å². The van der Waals surface area contributed by atoms with Crippen molar-refractivity contribution >= 4 is 11.9 Å². The van der Waals surface area contributed by atoms with Crippen molar-refractivity contribution in [1.82, 2.24) is 10.2 Å². The average molecular weight is 225 g/mol. The molecule has 1 amide bonds. The lowest BCUT2D eigenvalue weighted by atomic mass is 10.1. The van der Waals surface area contributed by atoms with Gasteiger partial charge >= 0.3 is 5.97 Å². The van der Waals surface area contributed by atoms with E-state index in [1.54, 1.807) is 0 Å². The van der Waals surface area contributed by atoms with Crippen LogP contribution in [0.3, 0.4) is 0 Å². The van der Waals surface area contributed by atoms with Gasteiger partial charge in [-0.05, 0) is 18.9 Å². The third-order valence-electron chi connectivity index (χ3n) is 2.57. The van der Waals surface area contributed by atoms with Gasteiger partial charge in [-0.15, -0.1) is 0 Å². The topological polar surface area (TPSA) is 93.4 Å². The first kappa shape index (κ1) is 12.5. The number of hydrogen-bond donors (Lipinski definition) is 2. The van der Waals surface area contributed by atoms with Crippen molar-refractivity contribution in [2.45, 2.75) is 12.8 Å². The fourth-order valence-corrected chi connectivity index (χ4v) is 1.87. The number of aliphatic carboxylic acids is 1. The molecule has 1 atom stereocenters. The van der Waals surface area contributed by atoms with Gasteiger partial charge in [0.1, 0.15) is 6.54 Å². The third-order valence-corrected chi connectivity index (χ3v) is 2.57. The molecular formula is C10H15N3O3. The Morgan fingerprint density at radius 2 is 2.31 bits per heavy atom. The van der Waals surface area contributed by atoms with Crippen LogP contribution >= 0.6 is 0 Å². The molecule has 1 rings (SSSR count). The third kappa shape index (κ3) is 4.28. The normalized spacial score (nSPS) is 20.3. The van der Waals surface area contributed by atoms with Crippen LogP contribution in [0.5, 0.6) is 0 Å². The van der Waals surface area contributed by atoms with Crippen molar-refractivity contribution in [1.29, 1.82) is 5.26 Å². The van der Waals surface area contributed by atoms with E-state index < -0.39 is 5.97 Å². The van der Waals surface area contributed by atoms with E-state index in [1.807, 2.05) is 11.0 Å². The lowest BCUT2D eigenvalue weighted by molar-refractivity contribution is -0.138. The van der Waals surface area contributed by atoms with Crippen molar-refractivity contribution in [2.24, 2.45) is 5.92 Å². The highest BCUT2D eigenvalue weighted by Crippen LogP contribution is 2.18. The molecule has 0 saturated carbocycles. The summed E-state index contributed by atoms with van der Waals surface area (Å²) in [6.45, 7) is 1.66. The van der Waals surface area contributed by atoms with Crippen molar-refractivity contribution in [3.05, 3.63) is 0 Å². The van der Waals surface area contributed by atoms with E-state index in [1.165, 1.54) is 0 Å². The molecule has 0 aromatic carbocycles. The van der Waals surface area contributed by atoms with Crippen LogP contribution in [0.4, 0.5) is 0 Å². The van der Waals surface area contributed by atoms with Crippen LogP contribution in [-0.2, 0) is 9.59 Å². The van der Waals surface area contributed by atoms with Gasteiger partial charge in [0.05, 0.1) is 12.6 Å². The molecule has 1 saturated heterocycles. The number of carboxylic acid groups (broad SMARTS) is 1. The monoisotopic (exact) mass is 225 g/mol. The van der Waals surface area contributed by atoms with E-state index in [2.05, 4.69) is 5.32 Å². The zero-order valence-corrected chi connectivity index (χ0v) is 8.98. The maximum atomic E-state index is 11.3. The summed E-state index contributed by atoms with van der Waals surface area (Å²) in [5.41, 5.74) is 0. The number of carbonyl (C=O) groups is 2. The molecule has 1 fully saturated rings. The van der Waals surface area contributed by atoms with Gasteiger partial charge in [-0.25, -0.2) is 0 Å². The maximum absolute atomic E-state index is 11.3. The number of carboxylic acids is 1. The molecule has 0 radical (unpaired) electrons. The van der Waals surface area contributed by atoms with Gasteiger partial charge in [-0.3, -0.25) is 14.5 Å². The van der Waals surface area contributed by atoms with Crippen LogP contribution in [0.1, 0.15) is 12.8 Å². The molecule has 0 aromatic heterocycles. The molecule has 88 valence electrons. The minimum Gasteiger partial charge on any atom is -0.481 e. The maximum Gasteiger partial charge on any atom is 0.303 e. The summed E-state index contributed by atoms with van der Waals surface area (Å²) in [4.78, 5) is 23.7. The van der Waals surface area contributed by atoms with Gasteiger partial charge in [0.25, 0.3) is 0 Å². The van der Waals surface area contributed by atoms with E-state index in [0.717, 1.165) is 13.0 Å². The average Bonchev–Trinajstić information content (AvgIpc) is 2.61. The van der Waals surface area contributed by atoms with E-state index in [4.69, 9.17) is 10.4 Å². The number of carbonyl (C=O) groups excluding carboxylic acids is 1. The number of rotatable bonds is 5. The Morgan fingerprint density at radius 1 is 1.56 bits per heavy atom. The first-order valence-corrected chi connectivity index (χ1v) is 5.19. The summed E-state index contributed by atoms with van der Waals surface area (Å²) >= 11 is 0. The number of hydrogen-bond acceptors (Lipinski definition) is 4. The van der Waals surface area contributed by atoms with Crippen LogP contribution < -0.4 is 5.32 Å². The molecule has 16 heavy (non-hydrogen) atoms. The molecule has 2 N–H and O–H groups in total. The number of nitrogens with zero attached hydrogens (tertiary/aromatic N) is 2. The molecule has 1 unspecified atom stereocenters. The molecule has 6 nitrogen and oxygen atoms in total. The highest BCUT2D eigenvalue weighted by atomic mass is 16.4. The fourth-order valence-electron chi connectivity index (χ4n) is 1.87. The highest BCUT2D eigenvalue weighted by Gasteiger charge is 2.25. The minimum atomic E-state index is -0.791. The molecule has 0 aromatic rings. The molecule has 0 bridgehead atoms. The van der Waals surface area contributed by atoms with Crippen molar-refractivity contribution in [3.8, 4) is 6.07 Å². The van der Waals surface area contributed by atoms with Crippen LogP contribution in [0.2, 0.25) is 0 Å². The predicted octanol–water partition coefficient (Wildman–Crippen LogP) is -0.577. The van der Waals surface area contributed by atoms with E-state index in [0.29, 0.717) is 6.54 Å². The van der Waals surface area contributed by atoms with Crippen LogP contribution in [-0.4, -0.2) is 48.1 Å². The smallest absolute Gasteiger partial charge is 0.303 e. The Bertz CT molecular complexity index is 311. The summed E-state index contributed by atoms with van der Waals surface area (Å²) in [7, 11) is 0. The van der Waals surface area contributed by atoms with Crippen molar-refractivity contribution < 1.29 is 14.7 Å². The van der Waals surface area contributed by atoms with Crippen LogP contribution in [0, 0.1) is 17.2 Å². The van der Waals surface area contributed by atoms with Crippen molar-refractivity contribution in [2.75, 3.05) is 26.2 Å². The van der Waals surface area contributed by atoms with Gasteiger partial charge in [0, 0.05) is 13.0 Å². The summed E-state index contributed by atoms with van der Waals surface area (Å²) in [6, 6.07) is 1.83. The predicted molar refractivity (Wildman–Crippen MR) is 55.4 cm³/mol. The summed E-state index contributed by atoms with van der Waals surface area (Å²) in [5.74, 6) is -0.834. The second-order valence-electron chi connectivity index (χ2n) is 3.92. The van der Waals surface area contributed by atoms with Gasteiger partial charge in [0.2, 0.25) is 5.91 Å². The Kier molecular flexibility index (Phi) is 4.73. The molecule has 1 heterocycles. The Balaban J connectivity index is 2.23. The van der Waals surface area contributed by atoms with Gasteiger partial charge in [-0.2, -0.15) is 5.26 Å². The molecule has 0 spiro atoms.